The van der Waals surface area contributed by atoms with E-state index in [2.05, 4.69) is 0 Å². The Morgan fingerprint density at radius 1 is 1.50 bits per heavy atom. The Morgan fingerprint density at radius 3 is 2.25 bits per heavy atom. The summed E-state index contributed by atoms with van der Waals surface area (Å²) in [5, 5.41) is 0.133. The molecule has 72 valence electrons. The highest BCUT2D eigenvalue weighted by atomic mass is 32.2. The predicted octanol–water partition coefficient (Wildman–Crippen LogP) is 1.10. The van der Waals surface area contributed by atoms with Gasteiger partial charge in [-0.3, -0.25) is 4.79 Å². The van der Waals surface area contributed by atoms with Crippen molar-refractivity contribution in [1.82, 2.24) is 0 Å². The zero-order chi connectivity index (χ0) is 9.56. The fraction of sp³-hybridized carbons (Fsp3) is 0.857. The van der Waals surface area contributed by atoms with Crippen LogP contribution in [0.2, 0.25) is 0 Å². The number of hydrogen-bond acceptors (Lipinski definition) is 4. The molecule has 0 aliphatic carbocycles. The van der Waals surface area contributed by atoms with Gasteiger partial charge in [0.2, 0.25) is 0 Å². The molecule has 5 heteroatoms. The molecule has 1 unspecified atom stereocenters. The topological polar surface area (TPSA) is 35.5 Å². The van der Waals surface area contributed by atoms with Crippen LogP contribution in [0.5, 0.6) is 0 Å². The minimum atomic E-state index is -1.62. The highest BCUT2D eigenvalue weighted by molar-refractivity contribution is 8.15. The molecular weight excluding hydrogens is 192 g/mol. The van der Waals surface area contributed by atoms with Crippen LogP contribution < -0.4 is 0 Å². The lowest BCUT2D eigenvalue weighted by atomic mass is 10.6. The third-order valence-electron chi connectivity index (χ3n) is 1.49. The molecule has 0 fully saturated rings. The molecule has 0 spiro atoms. The summed E-state index contributed by atoms with van der Waals surface area (Å²) in [6.45, 7) is 3.61. The Bertz CT molecular complexity index is 139. The first-order chi connectivity index (χ1) is 5.65. The van der Waals surface area contributed by atoms with Gasteiger partial charge in [0.1, 0.15) is 0 Å². The summed E-state index contributed by atoms with van der Waals surface area (Å²) in [6.07, 6.45) is 0.919. The van der Waals surface area contributed by atoms with E-state index >= 15 is 0 Å². The van der Waals surface area contributed by atoms with Crippen LogP contribution in [-0.2, 0) is 13.6 Å². The van der Waals surface area contributed by atoms with Crippen LogP contribution in [0.3, 0.4) is 0 Å². The largest absolute Gasteiger partial charge is 0.399 e. The van der Waals surface area contributed by atoms with E-state index in [1.54, 1.807) is 21.1 Å². The summed E-state index contributed by atoms with van der Waals surface area (Å²) in [7, 11) is 1.66. The number of thioether (sulfide) groups is 1. The monoisotopic (exact) mass is 208 g/mol. The van der Waals surface area contributed by atoms with Crippen LogP contribution in [0.25, 0.3) is 0 Å². The standard InChI is InChI=1S/C7H16O3SSi/c1-5-7(11-6(2)8)12(9-3)10-4/h7,12H,5H2,1-4H3. The number of rotatable bonds is 5. The van der Waals surface area contributed by atoms with Crippen molar-refractivity contribution >= 4 is 26.2 Å². The van der Waals surface area contributed by atoms with E-state index < -0.39 is 9.28 Å². The second-order valence-corrected chi connectivity index (χ2v) is 6.78. The number of hydrogen-bond donors (Lipinski definition) is 0. The lowest BCUT2D eigenvalue weighted by molar-refractivity contribution is -0.109. The average molecular weight is 208 g/mol. The smallest absolute Gasteiger partial charge is 0.334 e. The van der Waals surface area contributed by atoms with E-state index in [0.29, 0.717) is 0 Å². The molecule has 0 bridgehead atoms. The SMILES string of the molecule is CCC(SC(C)=O)[SiH](OC)OC. The van der Waals surface area contributed by atoms with Crippen molar-refractivity contribution in [2.75, 3.05) is 14.2 Å². The van der Waals surface area contributed by atoms with E-state index in [4.69, 9.17) is 8.85 Å². The fourth-order valence-electron chi connectivity index (χ4n) is 0.944. The summed E-state index contributed by atoms with van der Waals surface area (Å²) in [5.41, 5.74) is 0. The minimum absolute atomic E-state index is 0.133. The molecule has 0 aromatic heterocycles. The van der Waals surface area contributed by atoms with Crippen LogP contribution in [0.1, 0.15) is 20.3 Å². The van der Waals surface area contributed by atoms with Crippen molar-refractivity contribution in [2.45, 2.75) is 25.1 Å². The molecule has 0 radical (unpaired) electrons. The maximum absolute atomic E-state index is 10.8. The van der Waals surface area contributed by atoms with Crippen molar-refractivity contribution in [3.8, 4) is 0 Å². The third kappa shape index (κ3) is 4.25. The zero-order valence-corrected chi connectivity index (χ0v) is 9.97. The minimum Gasteiger partial charge on any atom is -0.399 e. The third-order valence-corrected chi connectivity index (χ3v) is 5.54. The second-order valence-electron chi connectivity index (χ2n) is 2.40. The van der Waals surface area contributed by atoms with Gasteiger partial charge in [0.15, 0.2) is 5.12 Å². The highest BCUT2D eigenvalue weighted by Crippen LogP contribution is 2.18. The molecule has 0 N–H and O–H groups in total. The molecule has 0 aromatic carbocycles. The van der Waals surface area contributed by atoms with E-state index in [9.17, 15) is 4.79 Å². The Hall–Kier alpha value is 0.157. The van der Waals surface area contributed by atoms with Crippen LogP contribution >= 0.6 is 11.8 Å². The first-order valence-electron chi connectivity index (χ1n) is 3.88. The Labute approximate surface area is 79.7 Å². The summed E-state index contributed by atoms with van der Waals surface area (Å²) >= 11 is 1.33. The van der Waals surface area contributed by atoms with Crippen molar-refractivity contribution in [3.63, 3.8) is 0 Å². The van der Waals surface area contributed by atoms with Crippen molar-refractivity contribution in [3.05, 3.63) is 0 Å². The molecule has 0 aromatic rings. The summed E-state index contributed by atoms with van der Waals surface area (Å²) in [6, 6.07) is 0. The molecule has 0 amide bonds. The van der Waals surface area contributed by atoms with Gasteiger partial charge in [-0.15, -0.1) is 0 Å². The van der Waals surface area contributed by atoms with Gasteiger partial charge < -0.3 is 8.85 Å². The summed E-state index contributed by atoms with van der Waals surface area (Å²) in [4.78, 5) is 11.1. The maximum atomic E-state index is 10.8. The first-order valence-corrected chi connectivity index (χ1v) is 6.37. The van der Waals surface area contributed by atoms with Gasteiger partial charge in [-0.05, 0) is 6.42 Å². The van der Waals surface area contributed by atoms with Crippen LogP contribution in [0.4, 0.5) is 0 Å². The summed E-state index contributed by atoms with van der Waals surface area (Å²) < 4.78 is 10.4. The molecule has 0 aliphatic rings. The molecule has 0 aliphatic heterocycles. The van der Waals surface area contributed by atoms with Gasteiger partial charge in [0, 0.05) is 21.1 Å². The van der Waals surface area contributed by atoms with Crippen molar-refractivity contribution < 1.29 is 13.6 Å². The molecule has 0 saturated heterocycles. The van der Waals surface area contributed by atoms with E-state index in [0.717, 1.165) is 6.42 Å². The van der Waals surface area contributed by atoms with Gasteiger partial charge in [-0.2, -0.15) is 0 Å². The number of carbonyl (C=O) groups is 1. The molecule has 12 heavy (non-hydrogen) atoms. The van der Waals surface area contributed by atoms with Crippen LogP contribution in [-0.4, -0.2) is 33.5 Å². The fourth-order valence-corrected chi connectivity index (χ4v) is 4.41. The molecule has 3 nitrogen and oxygen atoms in total. The maximum Gasteiger partial charge on any atom is 0.334 e. The van der Waals surface area contributed by atoms with Gasteiger partial charge in [-0.1, -0.05) is 18.7 Å². The predicted molar refractivity (Wildman–Crippen MR) is 53.5 cm³/mol. The van der Waals surface area contributed by atoms with Gasteiger partial charge >= 0.3 is 9.28 Å². The van der Waals surface area contributed by atoms with Gasteiger partial charge in [0.25, 0.3) is 0 Å². The highest BCUT2D eigenvalue weighted by Gasteiger charge is 2.24. The Morgan fingerprint density at radius 2 is 2.00 bits per heavy atom. The summed E-state index contributed by atoms with van der Waals surface area (Å²) in [5.74, 6) is 0. The molecule has 1 atom stereocenters. The van der Waals surface area contributed by atoms with Crippen molar-refractivity contribution in [1.29, 1.82) is 0 Å². The van der Waals surface area contributed by atoms with Crippen molar-refractivity contribution in [2.24, 2.45) is 0 Å². The first kappa shape index (κ1) is 12.2. The molecule has 0 heterocycles. The molecular formula is C7H16O3SSi. The van der Waals surface area contributed by atoms with Gasteiger partial charge in [0.05, 0.1) is 4.87 Å². The average Bonchev–Trinajstić information content (AvgIpc) is 2.04. The zero-order valence-electron chi connectivity index (χ0n) is 7.99. The molecule has 0 rings (SSSR count). The lowest BCUT2D eigenvalue weighted by Gasteiger charge is -2.19. The number of carbonyl (C=O) groups excluding carboxylic acids is 1. The van der Waals surface area contributed by atoms with Crippen LogP contribution in [0, 0.1) is 0 Å². The van der Waals surface area contributed by atoms with E-state index in [1.807, 2.05) is 6.92 Å². The van der Waals surface area contributed by atoms with Crippen LogP contribution in [0.15, 0.2) is 0 Å². The second kappa shape index (κ2) is 6.65. The van der Waals surface area contributed by atoms with E-state index in [-0.39, 0.29) is 9.99 Å². The lowest BCUT2D eigenvalue weighted by Crippen LogP contribution is -2.33. The Balaban J connectivity index is 4.01. The Kier molecular flexibility index (Phi) is 6.74. The van der Waals surface area contributed by atoms with Gasteiger partial charge in [-0.25, -0.2) is 0 Å². The van der Waals surface area contributed by atoms with E-state index in [1.165, 1.54) is 11.8 Å². The normalized spacial score (nSPS) is 13.4. The quantitative estimate of drug-likeness (QED) is 0.634. The molecule has 0 saturated carbocycles.